The zero-order valence-corrected chi connectivity index (χ0v) is 25.1. The zero-order chi connectivity index (χ0) is 30.7. The molecule has 0 saturated carbocycles. The van der Waals surface area contributed by atoms with Gasteiger partial charge in [-0.25, -0.2) is 15.0 Å². The molecule has 0 spiro atoms. The van der Waals surface area contributed by atoms with Crippen LogP contribution in [0.5, 0.6) is 0 Å². The van der Waals surface area contributed by atoms with Crippen LogP contribution in [-0.2, 0) is 17.5 Å². The number of halogens is 5. The number of carboxylic acid groups (broad SMARTS) is 1. The second-order valence-corrected chi connectivity index (χ2v) is 12.1. The first-order chi connectivity index (χ1) is 20.5. The van der Waals surface area contributed by atoms with Crippen molar-refractivity contribution in [3.8, 4) is 11.3 Å². The number of hydrogen-bond donors (Lipinski definition) is 2. The maximum atomic E-state index is 15.7. The number of carbonyl (C=O) groups is 1. The Balaban J connectivity index is 0.00000442. The highest BCUT2D eigenvalue weighted by Gasteiger charge is 2.34. The average Bonchev–Trinajstić information content (AvgIpc) is 3.59. The van der Waals surface area contributed by atoms with Crippen LogP contribution in [0.3, 0.4) is 0 Å². The topological polar surface area (TPSA) is 97.7 Å². The van der Waals surface area contributed by atoms with Crippen molar-refractivity contribution in [2.45, 2.75) is 58.8 Å². The van der Waals surface area contributed by atoms with Gasteiger partial charge in [0.1, 0.15) is 6.33 Å². The second-order valence-electron chi connectivity index (χ2n) is 10.6. The second kappa shape index (κ2) is 14.4. The molecule has 9 nitrogen and oxygen atoms in total. The van der Waals surface area contributed by atoms with Crippen LogP contribution in [-0.4, -0.2) is 81.1 Å². The Morgan fingerprint density at radius 2 is 1.93 bits per heavy atom. The summed E-state index contributed by atoms with van der Waals surface area (Å²) >= 11 is 7.13. The summed E-state index contributed by atoms with van der Waals surface area (Å²) in [5.74, 6) is -1.51. The third-order valence-corrected chi connectivity index (χ3v) is 9.15. The van der Waals surface area contributed by atoms with Crippen molar-refractivity contribution in [3.05, 3.63) is 45.8 Å². The average molecular weight is 658 g/mol. The van der Waals surface area contributed by atoms with Crippen LogP contribution < -0.4 is 10.2 Å². The Morgan fingerprint density at radius 1 is 1.18 bits per heavy atom. The maximum absolute atomic E-state index is 15.7. The molecule has 0 radical (unpaired) electrons. The van der Waals surface area contributed by atoms with E-state index in [0.717, 1.165) is 36.8 Å². The van der Waals surface area contributed by atoms with Crippen LogP contribution in [0.4, 0.5) is 34.3 Å². The van der Waals surface area contributed by atoms with Gasteiger partial charge in [0.05, 0.1) is 22.7 Å². The molecule has 0 amide bonds. The minimum atomic E-state index is -4.63. The molecule has 4 heterocycles. The first kappa shape index (κ1) is 33.8. The Hall–Kier alpha value is -3.07. The van der Waals surface area contributed by atoms with Crippen LogP contribution in [0, 0.1) is 5.82 Å². The normalized spacial score (nSPS) is 18.0. The van der Waals surface area contributed by atoms with Crippen molar-refractivity contribution in [1.29, 1.82) is 0 Å². The fraction of sp³-hybridized carbons (Fsp3) is 0.517. The first-order valence-corrected chi connectivity index (χ1v) is 15.3. The molecule has 2 aromatic heterocycles. The lowest BCUT2D eigenvalue weighted by Gasteiger charge is -2.35. The van der Waals surface area contributed by atoms with Gasteiger partial charge in [0.25, 0.3) is 0 Å². The predicted octanol–water partition coefficient (Wildman–Crippen LogP) is 6.76. The number of thiazole rings is 1. The molecule has 2 aliphatic heterocycles. The van der Waals surface area contributed by atoms with E-state index in [1.165, 1.54) is 29.8 Å². The van der Waals surface area contributed by atoms with E-state index in [1.54, 1.807) is 4.90 Å². The fourth-order valence-electron chi connectivity index (χ4n) is 5.58. The van der Waals surface area contributed by atoms with Crippen molar-refractivity contribution in [2.24, 2.45) is 0 Å². The number of carboxylic acids is 1. The minimum absolute atomic E-state index is 0. The number of nitrogens with one attached hydrogen (secondary N) is 1. The van der Waals surface area contributed by atoms with Gasteiger partial charge < -0.3 is 15.3 Å². The van der Waals surface area contributed by atoms with Crippen molar-refractivity contribution in [3.63, 3.8) is 0 Å². The monoisotopic (exact) mass is 657 g/mol. The van der Waals surface area contributed by atoms with Crippen LogP contribution in [0.15, 0.2) is 24.5 Å². The first-order valence-electron chi connectivity index (χ1n) is 14.1. The number of piperazine rings is 1. The molecular weight excluding hydrogens is 622 g/mol. The molecule has 2 aliphatic rings. The summed E-state index contributed by atoms with van der Waals surface area (Å²) in [6, 6.07) is 4.11. The van der Waals surface area contributed by atoms with Crippen molar-refractivity contribution >= 4 is 45.7 Å². The van der Waals surface area contributed by atoms with E-state index in [1.807, 2.05) is 4.90 Å². The number of aromatic nitrogens is 3. The largest absolute Gasteiger partial charge is 0.481 e. The molecule has 0 aliphatic carbocycles. The van der Waals surface area contributed by atoms with Crippen LogP contribution in [0.25, 0.3) is 11.3 Å². The third-order valence-electron chi connectivity index (χ3n) is 7.87. The van der Waals surface area contributed by atoms with Gasteiger partial charge >= 0.3 is 12.1 Å². The van der Waals surface area contributed by atoms with Gasteiger partial charge in [-0.15, -0.1) is 0 Å². The summed E-state index contributed by atoms with van der Waals surface area (Å²) in [5.41, 5.74) is -0.293. The van der Waals surface area contributed by atoms with Gasteiger partial charge in [0, 0.05) is 55.8 Å². The summed E-state index contributed by atoms with van der Waals surface area (Å²) < 4.78 is 56.7. The van der Waals surface area contributed by atoms with Crippen molar-refractivity contribution < 1.29 is 27.5 Å². The number of anilines is 3. The van der Waals surface area contributed by atoms with Crippen molar-refractivity contribution in [1.82, 2.24) is 24.8 Å². The highest BCUT2D eigenvalue weighted by Crippen LogP contribution is 2.40. The van der Waals surface area contributed by atoms with Gasteiger partial charge in [0.2, 0.25) is 5.82 Å². The van der Waals surface area contributed by atoms with Gasteiger partial charge in [0.15, 0.2) is 16.8 Å². The Kier molecular flexibility index (Phi) is 11.0. The van der Waals surface area contributed by atoms with Gasteiger partial charge in [-0.3, -0.25) is 14.6 Å². The molecule has 5 rings (SSSR count). The minimum Gasteiger partial charge on any atom is -0.481 e. The van der Waals surface area contributed by atoms with E-state index >= 15 is 4.39 Å². The van der Waals surface area contributed by atoms with Gasteiger partial charge in [-0.1, -0.05) is 43.4 Å². The molecule has 1 aromatic carbocycles. The molecule has 44 heavy (non-hydrogen) atoms. The van der Waals surface area contributed by atoms with Gasteiger partial charge in [-0.2, -0.15) is 17.6 Å². The molecule has 0 unspecified atom stereocenters. The summed E-state index contributed by atoms with van der Waals surface area (Å²) in [4.78, 5) is 30.6. The quantitative estimate of drug-likeness (QED) is 0.229. The molecule has 15 heteroatoms. The summed E-state index contributed by atoms with van der Waals surface area (Å²) in [5, 5.41) is 11.8. The molecule has 3 aromatic rings. The summed E-state index contributed by atoms with van der Waals surface area (Å²) in [7, 11) is 0. The zero-order valence-electron chi connectivity index (χ0n) is 23.5. The number of rotatable bonds is 10. The standard InChI is InChI=1S/C28H32ClF4N7O2S.CH4/c1-2-18-4-3-8-40(18)15-21-24(17-5-6-20(29)19(14-17)28(31,32)33)36-27(43-21)37-25-23(30)26(35-16-34-25)39-12-10-38(11-13-39)9-7-22(41)42;/h5-6,14,16,18H,2-4,7-13,15H2,1H3,(H,41,42)(H,34,35,36,37);1H4/t18-;/m1./s1. The van der Waals surface area contributed by atoms with Crippen LogP contribution in [0.1, 0.15) is 50.5 Å². The lowest BCUT2D eigenvalue weighted by Crippen LogP contribution is -2.47. The Morgan fingerprint density at radius 3 is 2.61 bits per heavy atom. The fourth-order valence-corrected chi connectivity index (χ4v) is 6.82. The van der Waals surface area contributed by atoms with E-state index in [2.05, 4.69) is 32.1 Å². The van der Waals surface area contributed by atoms with E-state index in [-0.39, 0.29) is 31.0 Å². The maximum Gasteiger partial charge on any atom is 0.417 e. The van der Waals surface area contributed by atoms with E-state index in [4.69, 9.17) is 16.7 Å². The molecular formula is C29H36ClF4N7O2S. The third kappa shape index (κ3) is 7.76. The number of hydrogen-bond acceptors (Lipinski definition) is 9. The Bertz CT molecular complexity index is 1450. The smallest absolute Gasteiger partial charge is 0.417 e. The number of likely N-dealkylation sites (tertiary alicyclic amines) is 1. The lowest BCUT2D eigenvalue weighted by molar-refractivity contribution is -0.138. The number of nitrogens with zero attached hydrogens (tertiary/aromatic N) is 6. The summed E-state index contributed by atoms with van der Waals surface area (Å²) in [6.45, 7) is 5.97. The number of benzene rings is 1. The van der Waals surface area contributed by atoms with E-state index in [9.17, 15) is 18.0 Å². The summed E-state index contributed by atoms with van der Waals surface area (Å²) in [6.07, 6.45) is -0.288. The number of alkyl halides is 3. The van der Waals surface area contributed by atoms with Crippen LogP contribution >= 0.6 is 22.9 Å². The van der Waals surface area contributed by atoms with Gasteiger partial charge in [-0.05, 0) is 37.9 Å². The molecule has 0 bridgehead atoms. The Labute approximate surface area is 262 Å². The lowest BCUT2D eigenvalue weighted by atomic mass is 10.1. The number of aliphatic carboxylic acids is 1. The molecule has 2 fully saturated rings. The predicted molar refractivity (Wildman–Crippen MR) is 164 cm³/mol. The SMILES string of the molecule is C.CC[C@@H]1CCCN1Cc1sc(Nc2ncnc(N3CCN(CCC(=O)O)CC3)c2F)nc1-c1ccc(Cl)c(C(F)(F)F)c1. The molecule has 2 saturated heterocycles. The van der Waals surface area contributed by atoms with E-state index in [0.29, 0.717) is 56.1 Å². The van der Waals surface area contributed by atoms with Crippen LogP contribution in [0.2, 0.25) is 5.02 Å². The van der Waals surface area contributed by atoms with E-state index < -0.39 is 28.5 Å². The highest BCUT2D eigenvalue weighted by atomic mass is 35.5. The molecule has 1 atom stereocenters. The van der Waals surface area contributed by atoms with Crippen molar-refractivity contribution in [2.75, 3.05) is 49.5 Å². The molecule has 2 N–H and O–H groups in total. The highest BCUT2D eigenvalue weighted by molar-refractivity contribution is 7.16. The molecule has 240 valence electrons.